The second-order valence-corrected chi connectivity index (χ2v) is 7.80. The summed E-state index contributed by atoms with van der Waals surface area (Å²) >= 11 is 0. The van der Waals surface area contributed by atoms with E-state index < -0.39 is 4.92 Å². The van der Waals surface area contributed by atoms with Crippen LogP contribution in [0.2, 0.25) is 0 Å². The molecule has 2 aromatic heterocycles. The molecule has 0 amide bonds. The number of nitrogens with zero attached hydrogens (tertiary/aromatic N) is 5. The number of ketones is 1. The molecule has 160 valence electrons. The van der Waals surface area contributed by atoms with Crippen molar-refractivity contribution in [2.75, 3.05) is 29.9 Å². The lowest BCUT2D eigenvalue weighted by atomic mass is 10.1. The summed E-state index contributed by atoms with van der Waals surface area (Å²) in [7, 11) is 1.72. The molecule has 0 bridgehead atoms. The number of nitro benzene ring substituents is 1. The number of hydrogen-bond acceptors (Lipinski definition) is 7. The van der Waals surface area contributed by atoms with Crippen LogP contribution in [0.25, 0.3) is 0 Å². The van der Waals surface area contributed by atoms with Crippen molar-refractivity contribution in [2.45, 2.75) is 13.3 Å². The van der Waals surface area contributed by atoms with Crippen molar-refractivity contribution < 1.29 is 9.72 Å². The molecule has 1 fully saturated rings. The molecule has 0 radical (unpaired) electrons. The monoisotopic (exact) mass is 420 g/mol. The smallest absolute Gasteiger partial charge is 0.293 e. The zero-order valence-corrected chi connectivity index (χ0v) is 17.5. The highest BCUT2D eigenvalue weighted by Crippen LogP contribution is 2.33. The van der Waals surface area contributed by atoms with Crippen LogP contribution in [0.4, 0.5) is 17.2 Å². The number of carbonyl (C=O) groups is 1. The van der Waals surface area contributed by atoms with Crippen LogP contribution in [0.15, 0.2) is 48.8 Å². The lowest BCUT2D eigenvalue weighted by Crippen LogP contribution is -2.23. The number of aryl methyl sites for hydroxylation is 2. The van der Waals surface area contributed by atoms with Gasteiger partial charge in [0, 0.05) is 56.4 Å². The fourth-order valence-corrected chi connectivity index (χ4v) is 3.90. The first-order valence-electron chi connectivity index (χ1n) is 10.2. The average Bonchev–Trinajstić information content (AvgIpc) is 3.40. The zero-order chi connectivity index (χ0) is 22.0. The van der Waals surface area contributed by atoms with E-state index in [1.54, 1.807) is 29.9 Å². The predicted molar refractivity (Wildman–Crippen MR) is 118 cm³/mol. The van der Waals surface area contributed by atoms with E-state index in [4.69, 9.17) is 0 Å². The molecule has 3 heterocycles. The number of carbonyl (C=O) groups excluding carboxylic acids is 1. The summed E-state index contributed by atoms with van der Waals surface area (Å²) < 4.78 is 1.60. The number of nitro groups is 1. The van der Waals surface area contributed by atoms with Crippen LogP contribution in [0, 0.1) is 23.0 Å². The van der Waals surface area contributed by atoms with Gasteiger partial charge in [-0.3, -0.25) is 14.9 Å². The molecule has 9 heteroatoms. The van der Waals surface area contributed by atoms with E-state index in [0.717, 1.165) is 31.0 Å². The molecule has 1 aliphatic rings. The summed E-state index contributed by atoms with van der Waals surface area (Å²) in [4.78, 5) is 34.5. The van der Waals surface area contributed by atoms with E-state index in [9.17, 15) is 14.9 Å². The van der Waals surface area contributed by atoms with Crippen LogP contribution in [0.3, 0.4) is 0 Å². The fourth-order valence-electron chi connectivity index (χ4n) is 3.90. The quantitative estimate of drug-likeness (QED) is 0.355. The van der Waals surface area contributed by atoms with Crippen LogP contribution < -0.4 is 10.2 Å². The van der Waals surface area contributed by atoms with Gasteiger partial charge in [0.1, 0.15) is 11.5 Å². The van der Waals surface area contributed by atoms with Crippen molar-refractivity contribution in [1.29, 1.82) is 0 Å². The van der Waals surface area contributed by atoms with Gasteiger partial charge in [0.05, 0.1) is 4.92 Å². The number of rotatable bonds is 7. The van der Waals surface area contributed by atoms with E-state index in [0.29, 0.717) is 18.2 Å². The van der Waals surface area contributed by atoms with Gasteiger partial charge in [-0.1, -0.05) is 6.07 Å². The molecular formula is C22H24N6O3. The Balaban J connectivity index is 1.48. The van der Waals surface area contributed by atoms with Gasteiger partial charge in [0.2, 0.25) is 5.78 Å². The van der Waals surface area contributed by atoms with Crippen molar-refractivity contribution in [3.63, 3.8) is 0 Å². The van der Waals surface area contributed by atoms with Crippen LogP contribution >= 0.6 is 0 Å². The number of pyridine rings is 1. The zero-order valence-electron chi connectivity index (χ0n) is 17.5. The van der Waals surface area contributed by atoms with Gasteiger partial charge in [-0.25, -0.2) is 9.97 Å². The molecule has 3 aromatic rings. The second kappa shape index (κ2) is 8.55. The number of hydrogen-bond donors (Lipinski definition) is 1. The van der Waals surface area contributed by atoms with E-state index in [2.05, 4.69) is 15.3 Å². The SMILES string of the molecule is Cc1cccc(NCC2CCN(c3ccc(C(=O)c4nccn4C)cc3[N+](=O)[O-])C2)n1. The number of anilines is 2. The lowest BCUT2D eigenvalue weighted by Gasteiger charge is -2.19. The second-order valence-electron chi connectivity index (χ2n) is 7.80. The Morgan fingerprint density at radius 1 is 1.32 bits per heavy atom. The van der Waals surface area contributed by atoms with Gasteiger partial charge in [-0.2, -0.15) is 0 Å². The first-order valence-corrected chi connectivity index (χ1v) is 10.2. The highest BCUT2D eigenvalue weighted by molar-refractivity contribution is 6.07. The van der Waals surface area contributed by atoms with Crippen LogP contribution in [0.1, 0.15) is 28.3 Å². The highest BCUT2D eigenvalue weighted by Gasteiger charge is 2.29. The minimum atomic E-state index is -0.424. The number of benzene rings is 1. The molecule has 1 unspecified atom stereocenters. The molecule has 1 aliphatic heterocycles. The maximum atomic E-state index is 12.7. The Morgan fingerprint density at radius 2 is 2.16 bits per heavy atom. The third-order valence-corrected chi connectivity index (χ3v) is 5.55. The standard InChI is InChI=1S/C22H24N6O3/c1-15-4-3-5-20(25-15)24-13-16-8-10-27(14-16)18-7-6-17(12-19(18)28(30)31)21(29)22-23-9-11-26(22)2/h3-7,9,11-12,16H,8,10,13-14H2,1-2H3,(H,24,25). The number of nitrogens with one attached hydrogen (secondary N) is 1. The van der Waals surface area contributed by atoms with Crippen molar-refractivity contribution in [1.82, 2.24) is 14.5 Å². The van der Waals surface area contributed by atoms with Crippen LogP contribution in [-0.4, -0.2) is 44.9 Å². The minimum Gasteiger partial charge on any atom is -0.370 e. The summed E-state index contributed by atoms with van der Waals surface area (Å²) in [6.07, 6.45) is 4.12. The third-order valence-electron chi connectivity index (χ3n) is 5.55. The van der Waals surface area contributed by atoms with Crippen molar-refractivity contribution in [2.24, 2.45) is 13.0 Å². The molecule has 0 aliphatic carbocycles. The lowest BCUT2D eigenvalue weighted by molar-refractivity contribution is -0.384. The highest BCUT2D eigenvalue weighted by atomic mass is 16.6. The molecule has 4 rings (SSSR count). The Kier molecular flexibility index (Phi) is 5.66. The number of imidazole rings is 1. The Morgan fingerprint density at radius 3 is 2.87 bits per heavy atom. The largest absolute Gasteiger partial charge is 0.370 e. The van der Waals surface area contributed by atoms with Gasteiger partial charge in [-0.05, 0) is 43.5 Å². The average molecular weight is 420 g/mol. The fraction of sp³-hybridized carbons (Fsp3) is 0.318. The van der Waals surface area contributed by atoms with Gasteiger partial charge >= 0.3 is 0 Å². The molecule has 1 N–H and O–H groups in total. The van der Waals surface area contributed by atoms with Gasteiger partial charge in [0.15, 0.2) is 5.82 Å². The summed E-state index contributed by atoms with van der Waals surface area (Å²) in [5, 5.41) is 15.1. The van der Waals surface area contributed by atoms with Gasteiger partial charge in [-0.15, -0.1) is 0 Å². The van der Waals surface area contributed by atoms with Crippen molar-refractivity contribution in [3.8, 4) is 0 Å². The van der Waals surface area contributed by atoms with Crippen molar-refractivity contribution in [3.05, 3.63) is 76.0 Å². The van der Waals surface area contributed by atoms with Gasteiger partial charge in [0.25, 0.3) is 5.69 Å². The molecule has 1 atom stereocenters. The molecule has 0 saturated carbocycles. The summed E-state index contributed by atoms with van der Waals surface area (Å²) in [6.45, 7) is 4.12. The third kappa shape index (κ3) is 4.40. The van der Waals surface area contributed by atoms with E-state index in [1.807, 2.05) is 30.0 Å². The molecule has 0 spiro atoms. The predicted octanol–water partition coefficient (Wildman–Crippen LogP) is 3.20. The Labute approximate surface area is 179 Å². The van der Waals surface area contributed by atoms with E-state index in [-0.39, 0.29) is 22.9 Å². The van der Waals surface area contributed by atoms with Crippen LogP contribution in [-0.2, 0) is 7.05 Å². The first kappa shape index (κ1) is 20.5. The molecular weight excluding hydrogens is 396 g/mol. The molecule has 9 nitrogen and oxygen atoms in total. The van der Waals surface area contributed by atoms with Crippen LogP contribution in [0.5, 0.6) is 0 Å². The topological polar surface area (TPSA) is 106 Å². The normalized spacial score (nSPS) is 15.8. The maximum Gasteiger partial charge on any atom is 0.293 e. The number of aromatic nitrogens is 3. The van der Waals surface area contributed by atoms with E-state index in [1.165, 1.54) is 12.3 Å². The summed E-state index contributed by atoms with van der Waals surface area (Å²) in [5.41, 5.74) is 1.69. The minimum absolute atomic E-state index is 0.0611. The van der Waals surface area contributed by atoms with Crippen molar-refractivity contribution >= 4 is 23.0 Å². The maximum absolute atomic E-state index is 12.7. The molecule has 1 aromatic carbocycles. The summed E-state index contributed by atoms with van der Waals surface area (Å²) in [5.74, 6) is 1.09. The molecule has 1 saturated heterocycles. The van der Waals surface area contributed by atoms with Gasteiger partial charge < -0.3 is 14.8 Å². The molecule has 31 heavy (non-hydrogen) atoms. The van der Waals surface area contributed by atoms with E-state index >= 15 is 0 Å². The Hall–Kier alpha value is -3.75. The Bertz CT molecular complexity index is 1130. The first-order chi connectivity index (χ1) is 14.9. The summed E-state index contributed by atoms with van der Waals surface area (Å²) in [6, 6.07) is 10.5.